The Morgan fingerprint density at radius 2 is 1.91 bits per heavy atom. The predicted octanol–water partition coefficient (Wildman–Crippen LogP) is 1.64. The van der Waals surface area contributed by atoms with Crippen LogP contribution in [0.2, 0.25) is 0 Å². The molecule has 1 aromatic rings. The van der Waals surface area contributed by atoms with Crippen LogP contribution in [0.5, 0.6) is 0 Å². The Labute approximate surface area is 137 Å². The van der Waals surface area contributed by atoms with Crippen LogP contribution in [-0.2, 0) is 21.2 Å². The molecular formula is C16H23FN2O3S. The summed E-state index contributed by atoms with van der Waals surface area (Å²) in [5, 5.41) is 0. The van der Waals surface area contributed by atoms with Gasteiger partial charge >= 0.3 is 0 Å². The Kier molecular flexibility index (Phi) is 6.12. The molecule has 5 nitrogen and oxygen atoms in total. The van der Waals surface area contributed by atoms with Gasteiger partial charge in [-0.15, -0.1) is 0 Å². The van der Waals surface area contributed by atoms with Gasteiger partial charge in [-0.25, -0.2) is 17.1 Å². The van der Waals surface area contributed by atoms with Gasteiger partial charge in [0.25, 0.3) is 0 Å². The molecule has 0 radical (unpaired) electrons. The van der Waals surface area contributed by atoms with Crippen molar-refractivity contribution in [1.29, 1.82) is 0 Å². The fourth-order valence-corrected chi connectivity index (χ4v) is 4.27. The molecule has 1 heterocycles. The van der Waals surface area contributed by atoms with E-state index in [-0.39, 0.29) is 23.9 Å². The van der Waals surface area contributed by atoms with Gasteiger partial charge in [0.15, 0.2) is 0 Å². The Bertz CT molecular complexity index is 648. The summed E-state index contributed by atoms with van der Waals surface area (Å²) >= 11 is 0. The molecule has 0 unspecified atom stereocenters. The van der Waals surface area contributed by atoms with Crippen molar-refractivity contribution in [2.75, 3.05) is 31.9 Å². The van der Waals surface area contributed by atoms with Crippen LogP contribution in [0.1, 0.15) is 25.3 Å². The molecule has 1 amide bonds. The van der Waals surface area contributed by atoms with Crippen LogP contribution in [0.4, 0.5) is 4.39 Å². The third-order valence-corrected chi connectivity index (χ3v) is 6.04. The predicted molar refractivity (Wildman–Crippen MR) is 87.0 cm³/mol. The molecule has 0 saturated carbocycles. The zero-order valence-electron chi connectivity index (χ0n) is 13.4. The summed E-state index contributed by atoms with van der Waals surface area (Å²) in [4.78, 5) is 14.0. The Balaban J connectivity index is 1.98. The van der Waals surface area contributed by atoms with Crippen LogP contribution in [-0.4, -0.2) is 55.5 Å². The van der Waals surface area contributed by atoms with E-state index in [4.69, 9.17) is 0 Å². The van der Waals surface area contributed by atoms with Gasteiger partial charge < -0.3 is 4.90 Å². The number of benzene rings is 1. The molecule has 0 bridgehead atoms. The number of nitrogens with zero attached hydrogens (tertiary/aromatic N) is 2. The lowest BCUT2D eigenvalue weighted by Crippen LogP contribution is -2.38. The van der Waals surface area contributed by atoms with Crippen LogP contribution in [0.3, 0.4) is 0 Å². The topological polar surface area (TPSA) is 57.7 Å². The molecule has 1 aromatic carbocycles. The van der Waals surface area contributed by atoms with Gasteiger partial charge in [-0.05, 0) is 24.5 Å². The van der Waals surface area contributed by atoms with E-state index in [9.17, 15) is 17.6 Å². The number of amides is 1. The third kappa shape index (κ3) is 4.75. The molecule has 1 saturated heterocycles. The number of sulfonamides is 1. The molecule has 1 fully saturated rings. The number of carbonyl (C=O) groups is 1. The first-order chi connectivity index (χ1) is 10.9. The van der Waals surface area contributed by atoms with Gasteiger partial charge in [0.1, 0.15) is 5.82 Å². The van der Waals surface area contributed by atoms with Crippen LogP contribution < -0.4 is 0 Å². The molecule has 23 heavy (non-hydrogen) atoms. The highest BCUT2D eigenvalue weighted by Gasteiger charge is 2.26. The number of hydrogen-bond donors (Lipinski definition) is 0. The normalized spacial score (nSPS) is 17.0. The maximum absolute atomic E-state index is 13.6. The molecule has 128 valence electrons. The van der Waals surface area contributed by atoms with E-state index in [0.29, 0.717) is 44.6 Å². The van der Waals surface area contributed by atoms with Crippen molar-refractivity contribution < 1.29 is 17.6 Å². The van der Waals surface area contributed by atoms with Gasteiger partial charge in [0, 0.05) is 26.2 Å². The second-order valence-electron chi connectivity index (χ2n) is 5.72. The molecule has 2 rings (SSSR count). The summed E-state index contributed by atoms with van der Waals surface area (Å²) in [5.41, 5.74) is 0.372. The largest absolute Gasteiger partial charge is 0.341 e. The molecule has 1 aliphatic heterocycles. The molecule has 0 spiro atoms. The maximum Gasteiger partial charge on any atom is 0.227 e. The van der Waals surface area contributed by atoms with E-state index in [1.165, 1.54) is 10.4 Å². The number of rotatable bonds is 5. The van der Waals surface area contributed by atoms with Gasteiger partial charge in [-0.2, -0.15) is 0 Å². The summed E-state index contributed by atoms with van der Waals surface area (Å²) in [5.74, 6) is -0.413. The van der Waals surface area contributed by atoms with Crippen molar-refractivity contribution in [3.63, 3.8) is 0 Å². The highest BCUT2D eigenvalue weighted by molar-refractivity contribution is 7.89. The van der Waals surface area contributed by atoms with Gasteiger partial charge in [0.2, 0.25) is 15.9 Å². The second kappa shape index (κ2) is 7.88. The minimum atomic E-state index is -3.24. The Hall–Kier alpha value is -1.47. The summed E-state index contributed by atoms with van der Waals surface area (Å²) in [6.07, 6.45) is 1.19. The molecule has 0 aliphatic carbocycles. The summed E-state index contributed by atoms with van der Waals surface area (Å²) < 4.78 is 39.4. The summed E-state index contributed by atoms with van der Waals surface area (Å²) in [6.45, 7) is 3.44. The van der Waals surface area contributed by atoms with Crippen molar-refractivity contribution in [1.82, 2.24) is 9.21 Å². The van der Waals surface area contributed by atoms with E-state index in [0.717, 1.165) is 0 Å². The quantitative estimate of drug-likeness (QED) is 0.817. The highest BCUT2D eigenvalue weighted by Crippen LogP contribution is 2.13. The first kappa shape index (κ1) is 17.9. The van der Waals surface area contributed by atoms with Crippen LogP contribution >= 0.6 is 0 Å². The van der Waals surface area contributed by atoms with Crippen LogP contribution in [0.15, 0.2) is 24.3 Å². The Morgan fingerprint density at radius 3 is 2.61 bits per heavy atom. The number of carbonyl (C=O) groups excluding carboxylic acids is 1. The fourth-order valence-electron chi connectivity index (χ4n) is 2.72. The average Bonchev–Trinajstić information content (AvgIpc) is 2.76. The van der Waals surface area contributed by atoms with Gasteiger partial charge in [-0.1, -0.05) is 25.1 Å². The van der Waals surface area contributed by atoms with E-state index in [1.54, 1.807) is 23.1 Å². The van der Waals surface area contributed by atoms with Crippen molar-refractivity contribution in [3.05, 3.63) is 35.6 Å². The molecule has 1 aliphatic rings. The smallest absolute Gasteiger partial charge is 0.227 e. The standard InChI is InChI=1S/C16H23FN2O3S/c1-2-12-23(21,22)19-9-5-8-18(10-11-19)16(20)13-14-6-3-4-7-15(14)17/h3-4,6-7H,2,5,8-13H2,1H3. The minimum absolute atomic E-state index is 0.00832. The van der Waals surface area contributed by atoms with Crippen LogP contribution in [0, 0.1) is 5.82 Å². The molecular weight excluding hydrogens is 319 g/mol. The molecule has 0 aromatic heterocycles. The Morgan fingerprint density at radius 1 is 1.17 bits per heavy atom. The lowest BCUT2D eigenvalue weighted by Gasteiger charge is -2.22. The summed E-state index contributed by atoms with van der Waals surface area (Å²) in [7, 11) is -3.24. The van der Waals surface area contributed by atoms with E-state index in [2.05, 4.69) is 0 Å². The molecule has 7 heteroatoms. The molecule has 0 N–H and O–H groups in total. The SMILES string of the molecule is CCCS(=O)(=O)N1CCCN(C(=O)Cc2ccccc2F)CC1. The number of hydrogen-bond acceptors (Lipinski definition) is 3. The fraction of sp³-hybridized carbons (Fsp3) is 0.562. The maximum atomic E-state index is 13.6. The summed E-state index contributed by atoms with van der Waals surface area (Å²) in [6, 6.07) is 6.23. The van der Waals surface area contributed by atoms with Gasteiger partial charge in [0.05, 0.1) is 12.2 Å². The van der Waals surface area contributed by atoms with E-state index >= 15 is 0 Å². The minimum Gasteiger partial charge on any atom is -0.341 e. The van der Waals surface area contributed by atoms with Crippen molar-refractivity contribution >= 4 is 15.9 Å². The average molecular weight is 342 g/mol. The zero-order chi connectivity index (χ0) is 16.9. The second-order valence-corrected chi connectivity index (χ2v) is 7.81. The highest BCUT2D eigenvalue weighted by atomic mass is 32.2. The zero-order valence-corrected chi connectivity index (χ0v) is 14.2. The van der Waals surface area contributed by atoms with Crippen molar-refractivity contribution in [2.45, 2.75) is 26.2 Å². The van der Waals surface area contributed by atoms with E-state index in [1.807, 2.05) is 6.92 Å². The van der Waals surface area contributed by atoms with Crippen molar-refractivity contribution in [2.24, 2.45) is 0 Å². The first-order valence-electron chi connectivity index (χ1n) is 7.93. The van der Waals surface area contributed by atoms with Crippen LogP contribution in [0.25, 0.3) is 0 Å². The number of halogens is 1. The monoisotopic (exact) mass is 342 g/mol. The lowest BCUT2D eigenvalue weighted by molar-refractivity contribution is -0.130. The van der Waals surface area contributed by atoms with E-state index < -0.39 is 10.0 Å². The third-order valence-electron chi connectivity index (χ3n) is 3.96. The first-order valence-corrected chi connectivity index (χ1v) is 9.54. The lowest BCUT2D eigenvalue weighted by atomic mass is 10.1. The van der Waals surface area contributed by atoms with Gasteiger partial charge in [-0.3, -0.25) is 4.79 Å². The van der Waals surface area contributed by atoms with Crippen molar-refractivity contribution in [3.8, 4) is 0 Å². The molecule has 0 atom stereocenters.